The molecule has 0 aliphatic rings. The Kier molecular flexibility index (Phi) is 45.0. The molecule has 328 valence electrons. The van der Waals surface area contributed by atoms with Gasteiger partial charge in [-0.25, -0.2) is 0 Å². The molecule has 4 N–H and O–H groups in total. The van der Waals surface area contributed by atoms with E-state index in [0.29, 0.717) is 6.42 Å². The van der Waals surface area contributed by atoms with Crippen LogP contribution in [0.25, 0.3) is 0 Å². The van der Waals surface area contributed by atoms with E-state index in [-0.39, 0.29) is 18.9 Å². The molecule has 0 saturated carbocycles. The Balaban J connectivity index is 3.43. The minimum absolute atomic E-state index is 0.0184. The number of hydrogen-bond acceptors (Lipinski definition) is 4. The highest BCUT2D eigenvalue weighted by Crippen LogP contribution is 2.17. The van der Waals surface area contributed by atoms with E-state index in [1.807, 2.05) is 6.08 Å². The number of allylic oxidation sites excluding steroid dienone is 1. The van der Waals surface area contributed by atoms with Gasteiger partial charge in [0.1, 0.15) is 0 Å². The van der Waals surface area contributed by atoms with Crippen LogP contribution in [-0.4, -0.2) is 46.1 Å². The molecule has 0 bridgehead atoms. The number of aliphatic hydroxyl groups excluding tert-OH is 3. The van der Waals surface area contributed by atoms with Gasteiger partial charge in [0.05, 0.1) is 31.3 Å². The second kappa shape index (κ2) is 45.8. The maximum atomic E-state index is 12.4. The van der Waals surface area contributed by atoms with Gasteiger partial charge in [0, 0.05) is 0 Å². The van der Waals surface area contributed by atoms with Gasteiger partial charge in [0.15, 0.2) is 0 Å². The molecule has 0 aromatic rings. The first-order chi connectivity index (χ1) is 27.0. The van der Waals surface area contributed by atoms with Crippen LogP contribution in [0.15, 0.2) is 12.2 Å². The lowest BCUT2D eigenvalue weighted by atomic mass is 10.0. The number of hydrogen-bond donors (Lipinski definition) is 4. The molecule has 3 atom stereocenters. The number of rotatable bonds is 46. The van der Waals surface area contributed by atoms with Crippen LogP contribution in [0, 0.1) is 0 Å². The van der Waals surface area contributed by atoms with E-state index >= 15 is 0 Å². The van der Waals surface area contributed by atoms with Crippen molar-refractivity contribution in [2.45, 2.75) is 295 Å². The van der Waals surface area contributed by atoms with Gasteiger partial charge in [-0.15, -0.1) is 0 Å². The van der Waals surface area contributed by atoms with Gasteiger partial charge < -0.3 is 20.6 Å². The zero-order valence-electron chi connectivity index (χ0n) is 37.3. The molecule has 5 nitrogen and oxygen atoms in total. The third-order valence-corrected chi connectivity index (χ3v) is 11.8. The maximum absolute atomic E-state index is 12.4. The van der Waals surface area contributed by atoms with Gasteiger partial charge in [-0.3, -0.25) is 4.79 Å². The summed E-state index contributed by atoms with van der Waals surface area (Å²) >= 11 is 0. The highest BCUT2D eigenvalue weighted by Gasteiger charge is 2.20. The summed E-state index contributed by atoms with van der Waals surface area (Å²) in [5.41, 5.74) is 0. The SMILES string of the molecule is CCCCCCCCC/C=C/C(O)C(CO)NC(=O)CC(O)CCCCCCCCCCCCCCCCCCCCCCCCCCCCCCCCC. The third-order valence-electron chi connectivity index (χ3n) is 11.8. The molecule has 55 heavy (non-hydrogen) atoms. The topological polar surface area (TPSA) is 89.8 Å². The Bertz CT molecular complexity index is 773. The van der Waals surface area contributed by atoms with E-state index in [2.05, 4.69) is 19.2 Å². The average molecular weight is 778 g/mol. The van der Waals surface area contributed by atoms with E-state index in [1.165, 1.54) is 225 Å². The van der Waals surface area contributed by atoms with E-state index < -0.39 is 18.2 Å². The van der Waals surface area contributed by atoms with Crippen molar-refractivity contribution in [1.29, 1.82) is 0 Å². The second-order valence-corrected chi connectivity index (χ2v) is 17.4. The van der Waals surface area contributed by atoms with Gasteiger partial charge in [-0.1, -0.05) is 264 Å². The molecule has 0 spiro atoms. The minimum atomic E-state index is -0.922. The lowest BCUT2D eigenvalue weighted by Crippen LogP contribution is -2.45. The zero-order valence-corrected chi connectivity index (χ0v) is 37.3. The van der Waals surface area contributed by atoms with Crippen LogP contribution in [-0.2, 0) is 4.79 Å². The number of carbonyl (C=O) groups is 1. The Morgan fingerprint density at radius 1 is 0.455 bits per heavy atom. The van der Waals surface area contributed by atoms with Gasteiger partial charge in [0.2, 0.25) is 5.91 Å². The Morgan fingerprint density at radius 2 is 0.745 bits per heavy atom. The molecule has 0 fully saturated rings. The number of amides is 1. The standard InChI is InChI=1S/C50H99NO4/c1-3-5-7-9-11-13-14-15-16-17-18-19-20-21-22-23-24-25-26-27-28-29-30-31-32-33-34-36-37-39-41-43-47(53)45-50(55)51-48(46-52)49(54)44-42-40-38-35-12-10-8-6-4-2/h42,44,47-49,52-54H,3-41,43,45-46H2,1-2H3,(H,51,55)/b44-42+. The molecule has 0 aliphatic carbocycles. The highest BCUT2D eigenvalue weighted by molar-refractivity contribution is 5.76. The van der Waals surface area contributed by atoms with Crippen molar-refractivity contribution in [3.8, 4) is 0 Å². The van der Waals surface area contributed by atoms with Crippen molar-refractivity contribution in [3.63, 3.8) is 0 Å². The van der Waals surface area contributed by atoms with E-state index in [4.69, 9.17) is 0 Å². The zero-order chi connectivity index (χ0) is 40.1. The molecule has 3 unspecified atom stereocenters. The molecular formula is C50H99NO4. The number of aliphatic hydroxyl groups is 3. The first-order valence-corrected chi connectivity index (χ1v) is 25.0. The molecule has 0 radical (unpaired) electrons. The number of unbranched alkanes of at least 4 members (excludes halogenated alkanes) is 37. The summed E-state index contributed by atoms with van der Waals surface area (Å²) in [6, 6.07) is -0.738. The number of nitrogens with one attached hydrogen (secondary N) is 1. The molecule has 1 amide bonds. The summed E-state index contributed by atoms with van der Waals surface area (Å²) in [6.45, 7) is 4.20. The van der Waals surface area contributed by atoms with Crippen LogP contribution in [0.5, 0.6) is 0 Å². The lowest BCUT2D eigenvalue weighted by molar-refractivity contribution is -0.124. The van der Waals surface area contributed by atoms with Crippen LogP contribution < -0.4 is 5.32 Å². The smallest absolute Gasteiger partial charge is 0.222 e. The Labute approximate surface area is 344 Å². The first-order valence-electron chi connectivity index (χ1n) is 25.0. The van der Waals surface area contributed by atoms with E-state index in [9.17, 15) is 20.1 Å². The fourth-order valence-corrected chi connectivity index (χ4v) is 7.99. The van der Waals surface area contributed by atoms with Crippen LogP contribution in [0.1, 0.15) is 277 Å². The summed E-state index contributed by atoms with van der Waals surface area (Å²) < 4.78 is 0. The van der Waals surface area contributed by atoms with Gasteiger partial charge in [-0.05, 0) is 19.3 Å². The molecule has 0 aromatic carbocycles. The van der Waals surface area contributed by atoms with E-state index in [0.717, 1.165) is 25.7 Å². The quantitative estimate of drug-likeness (QED) is 0.0366. The van der Waals surface area contributed by atoms with Crippen molar-refractivity contribution >= 4 is 5.91 Å². The van der Waals surface area contributed by atoms with Gasteiger partial charge >= 0.3 is 0 Å². The molecular weight excluding hydrogens is 679 g/mol. The fraction of sp³-hybridized carbons (Fsp3) is 0.940. The van der Waals surface area contributed by atoms with Gasteiger partial charge in [-0.2, -0.15) is 0 Å². The summed E-state index contributed by atoms with van der Waals surface area (Å²) in [6.07, 6.45) is 55.5. The van der Waals surface area contributed by atoms with Gasteiger partial charge in [0.25, 0.3) is 0 Å². The highest BCUT2D eigenvalue weighted by atomic mass is 16.3. The van der Waals surface area contributed by atoms with E-state index in [1.54, 1.807) is 6.08 Å². The summed E-state index contributed by atoms with van der Waals surface area (Å²) in [7, 11) is 0. The van der Waals surface area contributed by atoms with Crippen molar-refractivity contribution in [3.05, 3.63) is 12.2 Å². The summed E-state index contributed by atoms with van der Waals surface area (Å²) in [5, 5.41) is 33.1. The summed E-state index contributed by atoms with van der Waals surface area (Å²) in [5.74, 6) is -0.313. The van der Waals surface area contributed by atoms with Crippen LogP contribution in [0.3, 0.4) is 0 Å². The Morgan fingerprint density at radius 3 is 1.05 bits per heavy atom. The normalized spacial score (nSPS) is 13.5. The third kappa shape index (κ3) is 42.5. The maximum Gasteiger partial charge on any atom is 0.222 e. The van der Waals surface area contributed by atoms with Crippen molar-refractivity contribution in [2.24, 2.45) is 0 Å². The average Bonchev–Trinajstić information content (AvgIpc) is 3.18. The molecule has 0 saturated heterocycles. The van der Waals surface area contributed by atoms with Crippen molar-refractivity contribution < 1.29 is 20.1 Å². The lowest BCUT2D eigenvalue weighted by Gasteiger charge is -2.21. The van der Waals surface area contributed by atoms with Crippen molar-refractivity contribution in [1.82, 2.24) is 5.32 Å². The molecule has 0 aliphatic heterocycles. The molecule has 0 rings (SSSR count). The largest absolute Gasteiger partial charge is 0.394 e. The number of carbonyl (C=O) groups excluding carboxylic acids is 1. The molecule has 0 aromatic heterocycles. The Hall–Kier alpha value is -0.910. The van der Waals surface area contributed by atoms with Crippen LogP contribution in [0.4, 0.5) is 0 Å². The second-order valence-electron chi connectivity index (χ2n) is 17.4. The fourth-order valence-electron chi connectivity index (χ4n) is 7.99. The molecule has 0 heterocycles. The van der Waals surface area contributed by atoms with Crippen LogP contribution in [0.2, 0.25) is 0 Å². The van der Waals surface area contributed by atoms with Crippen molar-refractivity contribution in [2.75, 3.05) is 6.61 Å². The minimum Gasteiger partial charge on any atom is -0.394 e. The predicted molar refractivity (Wildman–Crippen MR) is 241 cm³/mol. The predicted octanol–water partition coefficient (Wildman–Crippen LogP) is 14.8. The first kappa shape index (κ1) is 54.1. The van der Waals surface area contributed by atoms with Crippen LogP contribution >= 0.6 is 0 Å². The summed E-state index contributed by atoms with van der Waals surface area (Å²) in [4.78, 5) is 12.4. The monoisotopic (exact) mass is 778 g/mol. The molecule has 5 heteroatoms.